The van der Waals surface area contributed by atoms with E-state index in [1.165, 1.54) is 16.3 Å². The Morgan fingerprint density at radius 3 is 2.27 bits per heavy atom. The van der Waals surface area contributed by atoms with Crippen LogP contribution in [-0.2, 0) is 0 Å². The highest BCUT2D eigenvalue weighted by atomic mass is 16.2. The Morgan fingerprint density at radius 1 is 0.800 bits per heavy atom. The van der Waals surface area contributed by atoms with Crippen molar-refractivity contribution in [2.75, 3.05) is 10.2 Å². The maximum Gasteiger partial charge on any atom is 0.262 e. The second kappa shape index (κ2) is 7.34. The summed E-state index contributed by atoms with van der Waals surface area (Å²) in [6, 6.07) is 30.8. The first kappa shape index (κ1) is 18.4. The molecular formula is C27H24N2O. The molecule has 148 valence electrons. The molecule has 4 aromatic rings. The molecule has 30 heavy (non-hydrogen) atoms. The molecular weight excluding hydrogens is 368 g/mol. The van der Waals surface area contributed by atoms with Crippen molar-refractivity contribution in [2.45, 2.75) is 25.9 Å². The summed E-state index contributed by atoms with van der Waals surface area (Å²) in [6.45, 7) is 4.35. The zero-order valence-corrected chi connectivity index (χ0v) is 17.2. The Kier molecular flexibility index (Phi) is 4.51. The Bertz CT molecular complexity index is 1230. The van der Waals surface area contributed by atoms with Crippen LogP contribution in [0.15, 0.2) is 91.0 Å². The molecule has 1 aliphatic rings. The average Bonchev–Trinajstić information content (AvgIpc) is 2.79. The van der Waals surface area contributed by atoms with E-state index in [2.05, 4.69) is 73.8 Å². The predicted molar refractivity (Wildman–Crippen MR) is 124 cm³/mol. The third-order valence-corrected chi connectivity index (χ3v) is 5.85. The van der Waals surface area contributed by atoms with Crippen molar-refractivity contribution >= 4 is 28.1 Å². The average molecular weight is 393 g/mol. The highest BCUT2D eigenvalue weighted by Crippen LogP contribution is 2.37. The molecule has 0 aliphatic carbocycles. The number of amides is 1. The van der Waals surface area contributed by atoms with E-state index in [0.717, 1.165) is 16.9 Å². The van der Waals surface area contributed by atoms with Gasteiger partial charge in [0, 0.05) is 11.4 Å². The quantitative estimate of drug-likeness (QED) is 0.419. The lowest BCUT2D eigenvalue weighted by Gasteiger charge is -2.38. The van der Waals surface area contributed by atoms with Crippen LogP contribution in [0.5, 0.6) is 0 Å². The lowest BCUT2D eigenvalue weighted by Crippen LogP contribution is -2.43. The van der Waals surface area contributed by atoms with E-state index in [-0.39, 0.29) is 12.1 Å². The van der Waals surface area contributed by atoms with Crippen molar-refractivity contribution in [3.05, 3.63) is 108 Å². The minimum Gasteiger partial charge on any atom is -0.360 e. The number of hydrogen-bond acceptors (Lipinski definition) is 2. The number of fused-ring (bicyclic) bond motifs is 2. The number of carbonyl (C=O) groups is 1. The number of carbonyl (C=O) groups excluding carboxylic acids is 1. The van der Waals surface area contributed by atoms with Gasteiger partial charge in [0.25, 0.3) is 5.91 Å². The fourth-order valence-electron chi connectivity index (χ4n) is 4.15. The van der Waals surface area contributed by atoms with Crippen LogP contribution in [0.4, 0.5) is 11.4 Å². The molecule has 0 saturated heterocycles. The molecule has 1 atom stereocenters. The number of benzene rings is 4. The van der Waals surface area contributed by atoms with Gasteiger partial charge in [0.05, 0.1) is 5.56 Å². The number of anilines is 2. The van der Waals surface area contributed by atoms with Crippen molar-refractivity contribution in [1.82, 2.24) is 0 Å². The summed E-state index contributed by atoms with van der Waals surface area (Å²) >= 11 is 0. The van der Waals surface area contributed by atoms with Crippen LogP contribution >= 0.6 is 0 Å². The van der Waals surface area contributed by atoms with Gasteiger partial charge in [-0.1, -0.05) is 74.5 Å². The van der Waals surface area contributed by atoms with E-state index in [1.54, 1.807) is 0 Å². The Hall–Kier alpha value is -3.59. The lowest BCUT2D eigenvalue weighted by molar-refractivity contribution is 0.0975. The number of rotatable bonds is 3. The van der Waals surface area contributed by atoms with Crippen molar-refractivity contribution < 1.29 is 4.79 Å². The van der Waals surface area contributed by atoms with Crippen LogP contribution in [-0.4, -0.2) is 5.91 Å². The van der Waals surface area contributed by atoms with Gasteiger partial charge in [-0.2, -0.15) is 0 Å². The maximum atomic E-state index is 13.6. The van der Waals surface area contributed by atoms with Crippen LogP contribution in [0.2, 0.25) is 0 Å². The summed E-state index contributed by atoms with van der Waals surface area (Å²) in [6.07, 6.45) is -0.276. The van der Waals surface area contributed by atoms with Gasteiger partial charge in [0.1, 0.15) is 6.17 Å². The van der Waals surface area contributed by atoms with E-state index < -0.39 is 0 Å². The molecule has 0 saturated carbocycles. The molecule has 0 fully saturated rings. The van der Waals surface area contributed by atoms with E-state index in [0.29, 0.717) is 11.5 Å². The number of hydrogen-bond donors (Lipinski definition) is 1. The Labute approximate surface area is 177 Å². The van der Waals surface area contributed by atoms with Gasteiger partial charge in [0.2, 0.25) is 0 Å². The number of para-hydroxylation sites is 1. The summed E-state index contributed by atoms with van der Waals surface area (Å²) in [5.74, 6) is 0.464. The molecule has 1 heterocycles. The smallest absolute Gasteiger partial charge is 0.262 e. The van der Waals surface area contributed by atoms with Crippen molar-refractivity contribution in [3.8, 4) is 0 Å². The standard InChI is InChI=1S/C27H24N2O/c1-18(2)19-13-15-23(16-14-19)29-26(28-25-10-6-5-9-24(25)27(29)30)22-12-11-20-7-3-4-8-21(20)17-22/h3-18,26,28H,1-2H3. The van der Waals surface area contributed by atoms with E-state index in [9.17, 15) is 4.79 Å². The van der Waals surface area contributed by atoms with Crippen LogP contribution < -0.4 is 10.2 Å². The third kappa shape index (κ3) is 3.13. The molecule has 0 radical (unpaired) electrons. The summed E-state index contributed by atoms with van der Waals surface area (Å²) < 4.78 is 0. The SMILES string of the molecule is CC(C)c1ccc(N2C(=O)c3ccccc3NC2c2ccc3ccccc3c2)cc1. The van der Waals surface area contributed by atoms with E-state index in [4.69, 9.17) is 0 Å². The topological polar surface area (TPSA) is 32.3 Å². The Balaban J connectivity index is 1.64. The first-order chi connectivity index (χ1) is 14.6. The van der Waals surface area contributed by atoms with Crippen LogP contribution in [0.3, 0.4) is 0 Å². The molecule has 1 amide bonds. The highest BCUT2D eigenvalue weighted by molar-refractivity contribution is 6.12. The lowest BCUT2D eigenvalue weighted by atomic mass is 9.99. The van der Waals surface area contributed by atoms with Crippen LogP contribution in [0.25, 0.3) is 10.8 Å². The van der Waals surface area contributed by atoms with Crippen molar-refractivity contribution in [3.63, 3.8) is 0 Å². The summed E-state index contributed by atoms with van der Waals surface area (Å²) in [4.78, 5) is 15.4. The van der Waals surface area contributed by atoms with Crippen LogP contribution in [0, 0.1) is 0 Å². The van der Waals surface area contributed by atoms with E-state index >= 15 is 0 Å². The molecule has 1 unspecified atom stereocenters. The minimum absolute atomic E-state index is 0.0137. The van der Waals surface area contributed by atoms with Crippen molar-refractivity contribution in [2.24, 2.45) is 0 Å². The monoisotopic (exact) mass is 392 g/mol. The van der Waals surface area contributed by atoms with Gasteiger partial charge < -0.3 is 5.32 Å². The number of nitrogens with zero attached hydrogens (tertiary/aromatic N) is 1. The van der Waals surface area contributed by atoms with Gasteiger partial charge in [-0.15, -0.1) is 0 Å². The minimum atomic E-state index is -0.276. The van der Waals surface area contributed by atoms with Gasteiger partial charge >= 0.3 is 0 Å². The summed E-state index contributed by atoms with van der Waals surface area (Å²) in [7, 11) is 0. The largest absolute Gasteiger partial charge is 0.360 e. The molecule has 1 aliphatic heterocycles. The zero-order valence-electron chi connectivity index (χ0n) is 17.2. The number of nitrogens with one attached hydrogen (secondary N) is 1. The molecule has 0 spiro atoms. The zero-order chi connectivity index (χ0) is 20.7. The van der Waals surface area contributed by atoms with Gasteiger partial charge in [-0.3, -0.25) is 9.69 Å². The normalized spacial score (nSPS) is 15.9. The molecule has 3 heteroatoms. The van der Waals surface area contributed by atoms with Gasteiger partial charge in [-0.25, -0.2) is 0 Å². The molecule has 0 aromatic heterocycles. The fourth-order valence-corrected chi connectivity index (χ4v) is 4.15. The van der Waals surface area contributed by atoms with E-state index in [1.807, 2.05) is 41.3 Å². The summed E-state index contributed by atoms with van der Waals surface area (Å²) in [5, 5.41) is 5.96. The van der Waals surface area contributed by atoms with Gasteiger partial charge in [-0.05, 0) is 58.1 Å². The van der Waals surface area contributed by atoms with Crippen molar-refractivity contribution in [1.29, 1.82) is 0 Å². The summed E-state index contributed by atoms with van der Waals surface area (Å²) in [5.41, 5.74) is 4.78. The fraction of sp³-hybridized carbons (Fsp3) is 0.148. The second-order valence-electron chi connectivity index (χ2n) is 8.12. The maximum absolute atomic E-state index is 13.6. The van der Waals surface area contributed by atoms with Crippen LogP contribution in [0.1, 0.15) is 47.4 Å². The first-order valence-corrected chi connectivity index (χ1v) is 10.4. The molecule has 3 nitrogen and oxygen atoms in total. The third-order valence-electron chi connectivity index (χ3n) is 5.85. The predicted octanol–water partition coefficient (Wildman–Crippen LogP) is 6.73. The Morgan fingerprint density at radius 2 is 1.50 bits per heavy atom. The first-order valence-electron chi connectivity index (χ1n) is 10.4. The molecule has 0 bridgehead atoms. The molecule has 4 aromatic carbocycles. The second-order valence-corrected chi connectivity index (χ2v) is 8.12. The highest BCUT2D eigenvalue weighted by Gasteiger charge is 2.34. The molecule has 1 N–H and O–H groups in total. The van der Waals surface area contributed by atoms with Gasteiger partial charge in [0.15, 0.2) is 0 Å². The molecule has 5 rings (SSSR count).